The molecule has 0 aromatic heterocycles. The van der Waals surface area contributed by atoms with E-state index < -0.39 is 12.3 Å². The first kappa shape index (κ1) is 14.8. The second kappa shape index (κ2) is 5.17. The van der Waals surface area contributed by atoms with Crippen LogP contribution in [0.1, 0.15) is 31.9 Å². The smallest absolute Gasteiger partial charge is 0.449 e. The Labute approximate surface area is 110 Å². The van der Waals surface area contributed by atoms with Crippen molar-refractivity contribution in [1.82, 2.24) is 0 Å². The minimum atomic E-state index is -1.53. The number of aryl methyl sites for hydroxylation is 1. The van der Waals surface area contributed by atoms with Crippen LogP contribution in [0.5, 0.6) is 11.5 Å². The van der Waals surface area contributed by atoms with Crippen molar-refractivity contribution in [3.63, 3.8) is 0 Å². The highest BCUT2D eigenvalue weighted by atomic mass is 16.7. The minimum absolute atomic E-state index is 0.108. The van der Waals surface area contributed by atoms with Crippen molar-refractivity contribution in [2.24, 2.45) is 0 Å². The van der Waals surface area contributed by atoms with E-state index in [-0.39, 0.29) is 16.9 Å². The molecule has 0 aliphatic rings. The van der Waals surface area contributed by atoms with Gasteiger partial charge in [-0.15, -0.1) is 0 Å². The number of hydrogen-bond acceptors (Lipinski definition) is 4. The highest BCUT2D eigenvalue weighted by Gasteiger charge is 2.21. The molecule has 2 N–H and O–H groups in total. The summed E-state index contributed by atoms with van der Waals surface area (Å²) >= 11 is 0. The van der Waals surface area contributed by atoms with Gasteiger partial charge >= 0.3 is 12.3 Å². The SMILES string of the molecule is Cc1cc(C(C)(C)C)cc(OC(=O)O)c1OC(=O)O. The molecule has 0 amide bonds. The van der Waals surface area contributed by atoms with Crippen LogP contribution in [0.2, 0.25) is 0 Å². The van der Waals surface area contributed by atoms with Gasteiger partial charge in [0.05, 0.1) is 0 Å². The van der Waals surface area contributed by atoms with Crippen LogP contribution in [0.25, 0.3) is 0 Å². The first-order valence-corrected chi connectivity index (χ1v) is 5.58. The van der Waals surface area contributed by atoms with Gasteiger partial charge in [-0.2, -0.15) is 0 Å². The molecule has 0 saturated heterocycles. The second-order valence-corrected chi connectivity index (χ2v) is 5.11. The van der Waals surface area contributed by atoms with E-state index in [4.69, 9.17) is 10.2 Å². The minimum Gasteiger partial charge on any atom is -0.449 e. The van der Waals surface area contributed by atoms with Crippen LogP contribution < -0.4 is 9.47 Å². The van der Waals surface area contributed by atoms with Crippen LogP contribution in [0, 0.1) is 6.92 Å². The first-order chi connectivity index (χ1) is 8.61. The van der Waals surface area contributed by atoms with Gasteiger partial charge in [0.25, 0.3) is 0 Å². The molecule has 0 aliphatic heterocycles. The molecule has 104 valence electrons. The van der Waals surface area contributed by atoms with Gasteiger partial charge in [0, 0.05) is 0 Å². The van der Waals surface area contributed by atoms with E-state index in [1.807, 2.05) is 20.8 Å². The Morgan fingerprint density at radius 2 is 1.58 bits per heavy atom. The average molecular weight is 268 g/mol. The Morgan fingerprint density at radius 1 is 1.05 bits per heavy atom. The molecule has 1 aromatic carbocycles. The van der Waals surface area contributed by atoms with Gasteiger partial charge in [-0.3, -0.25) is 0 Å². The van der Waals surface area contributed by atoms with Crippen LogP contribution >= 0.6 is 0 Å². The molecule has 0 spiro atoms. The van der Waals surface area contributed by atoms with Crippen LogP contribution in [0.4, 0.5) is 9.59 Å². The fraction of sp³-hybridized carbons (Fsp3) is 0.385. The van der Waals surface area contributed by atoms with Gasteiger partial charge < -0.3 is 19.7 Å². The summed E-state index contributed by atoms with van der Waals surface area (Å²) in [7, 11) is 0. The molecule has 0 bridgehead atoms. The number of carboxylic acid groups (broad SMARTS) is 2. The highest BCUT2D eigenvalue weighted by Crippen LogP contribution is 2.36. The molecule has 19 heavy (non-hydrogen) atoms. The van der Waals surface area contributed by atoms with E-state index in [1.165, 1.54) is 6.07 Å². The summed E-state index contributed by atoms with van der Waals surface area (Å²) in [6.45, 7) is 7.47. The summed E-state index contributed by atoms with van der Waals surface area (Å²) < 4.78 is 9.16. The first-order valence-electron chi connectivity index (χ1n) is 5.58. The largest absolute Gasteiger partial charge is 0.511 e. The quantitative estimate of drug-likeness (QED) is 0.630. The van der Waals surface area contributed by atoms with Crippen molar-refractivity contribution in [3.05, 3.63) is 23.3 Å². The van der Waals surface area contributed by atoms with Crippen molar-refractivity contribution in [2.45, 2.75) is 33.1 Å². The molecule has 0 unspecified atom stereocenters. The van der Waals surface area contributed by atoms with E-state index in [0.29, 0.717) is 5.56 Å². The zero-order valence-corrected chi connectivity index (χ0v) is 11.2. The Morgan fingerprint density at radius 3 is 2.00 bits per heavy atom. The summed E-state index contributed by atoms with van der Waals surface area (Å²) in [6.07, 6.45) is -3.05. The maximum absolute atomic E-state index is 10.7. The fourth-order valence-corrected chi connectivity index (χ4v) is 1.56. The molecule has 6 heteroatoms. The van der Waals surface area contributed by atoms with Crippen molar-refractivity contribution in [3.8, 4) is 11.5 Å². The molecule has 0 radical (unpaired) electrons. The number of hydrogen-bond donors (Lipinski definition) is 2. The average Bonchev–Trinajstić information content (AvgIpc) is 2.20. The molecule has 0 fully saturated rings. The topological polar surface area (TPSA) is 93.1 Å². The lowest BCUT2D eigenvalue weighted by Crippen LogP contribution is -2.14. The fourth-order valence-electron chi connectivity index (χ4n) is 1.56. The van der Waals surface area contributed by atoms with Gasteiger partial charge in [-0.1, -0.05) is 26.8 Å². The Hall–Kier alpha value is -2.24. The van der Waals surface area contributed by atoms with Crippen LogP contribution in [-0.4, -0.2) is 22.5 Å². The number of benzene rings is 1. The highest BCUT2D eigenvalue weighted by molar-refractivity contribution is 5.68. The molecule has 1 aromatic rings. The van der Waals surface area contributed by atoms with Crippen molar-refractivity contribution in [2.75, 3.05) is 0 Å². The van der Waals surface area contributed by atoms with E-state index >= 15 is 0 Å². The molecular weight excluding hydrogens is 252 g/mol. The maximum atomic E-state index is 10.7. The summed E-state index contributed by atoms with van der Waals surface area (Å²) in [5.41, 5.74) is 1.08. The lowest BCUT2D eigenvalue weighted by atomic mass is 9.86. The molecular formula is C13H16O6. The normalized spacial score (nSPS) is 10.9. The van der Waals surface area contributed by atoms with E-state index in [1.54, 1.807) is 13.0 Å². The van der Waals surface area contributed by atoms with Crippen molar-refractivity contribution in [1.29, 1.82) is 0 Å². The Balaban J connectivity index is 3.38. The van der Waals surface area contributed by atoms with Gasteiger partial charge in [0.2, 0.25) is 0 Å². The maximum Gasteiger partial charge on any atom is 0.511 e. The molecule has 0 aliphatic carbocycles. The monoisotopic (exact) mass is 268 g/mol. The third-order valence-electron chi connectivity index (χ3n) is 2.49. The van der Waals surface area contributed by atoms with Crippen LogP contribution in [0.3, 0.4) is 0 Å². The Bertz CT molecular complexity index is 513. The van der Waals surface area contributed by atoms with E-state index in [0.717, 1.165) is 5.56 Å². The summed E-state index contributed by atoms with van der Waals surface area (Å²) in [5.74, 6) is -0.234. The third kappa shape index (κ3) is 3.87. The summed E-state index contributed by atoms with van der Waals surface area (Å²) in [4.78, 5) is 21.3. The number of ether oxygens (including phenoxy) is 2. The van der Waals surface area contributed by atoms with Gasteiger partial charge in [-0.25, -0.2) is 9.59 Å². The lowest BCUT2D eigenvalue weighted by molar-refractivity contribution is 0.132. The standard InChI is InChI=1S/C13H16O6/c1-7-5-8(13(2,3)4)6-9(18-11(14)15)10(7)19-12(16)17/h5-6H,1-4H3,(H,14,15)(H,16,17). The lowest BCUT2D eigenvalue weighted by Gasteiger charge is -2.21. The molecule has 1 rings (SSSR count). The van der Waals surface area contributed by atoms with E-state index in [2.05, 4.69) is 9.47 Å². The summed E-state index contributed by atoms with van der Waals surface area (Å²) in [6, 6.07) is 3.21. The van der Waals surface area contributed by atoms with Crippen molar-refractivity contribution < 1.29 is 29.3 Å². The van der Waals surface area contributed by atoms with Gasteiger partial charge in [0.15, 0.2) is 11.5 Å². The van der Waals surface area contributed by atoms with Gasteiger partial charge in [0.1, 0.15) is 0 Å². The van der Waals surface area contributed by atoms with Gasteiger partial charge in [-0.05, 0) is 29.5 Å². The molecule has 0 heterocycles. The predicted octanol–water partition coefficient (Wildman–Crippen LogP) is 3.41. The van der Waals surface area contributed by atoms with Crippen molar-refractivity contribution >= 4 is 12.3 Å². The molecule has 6 nitrogen and oxygen atoms in total. The molecule has 0 saturated carbocycles. The zero-order chi connectivity index (χ0) is 14.8. The summed E-state index contributed by atoms with van der Waals surface area (Å²) in [5, 5.41) is 17.3. The van der Waals surface area contributed by atoms with Crippen LogP contribution in [-0.2, 0) is 5.41 Å². The van der Waals surface area contributed by atoms with Crippen LogP contribution in [0.15, 0.2) is 12.1 Å². The van der Waals surface area contributed by atoms with E-state index in [9.17, 15) is 9.59 Å². The molecule has 0 atom stereocenters. The third-order valence-corrected chi connectivity index (χ3v) is 2.49. The predicted molar refractivity (Wildman–Crippen MR) is 67.2 cm³/mol. The number of rotatable bonds is 2. The Kier molecular flexibility index (Phi) is 4.04. The zero-order valence-electron chi connectivity index (χ0n) is 11.2. The number of carbonyl (C=O) groups is 2. The second-order valence-electron chi connectivity index (χ2n) is 5.11.